The van der Waals surface area contributed by atoms with Crippen molar-refractivity contribution in [2.75, 3.05) is 5.32 Å². The van der Waals surface area contributed by atoms with Gasteiger partial charge in [0.2, 0.25) is 5.91 Å². The molecule has 0 aliphatic heterocycles. The molecule has 0 unspecified atom stereocenters. The van der Waals surface area contributed by atoms with E-state index >= 15 is 0 Å². The summed E-state index contributed by atoms with van der Waals surface area (Å²) in [4.78, 5) is 54.0. The van der Waals surface area contributed by atoms with E-state index in [0.717, 1.165) is 5.56 Å². The number of carboxylic acids is 1. The number of hydrogen-bond donors (Lipinski definition) is 1. The van der Waals surface area contributed by atoms with E-state index in [1.807, 2.05) is 0 Å². The van der Waals surface area contributed by atoms with Crippen LogP contribution in [0.4, 0.5) is 5.69 Å². The molecule has 2 aliphatic carbocycles. The van der Waals surface area contributed by atoms with E-state index < -0.39 is 46.6 Å². The molecule has 1 amide bonds. The van der Waals surface area contributed by atoms with Crippen LogP contribution in [0.15, 0.2) is 84.2 Å². The first-order valence-corrected chi connectivity index (χ1v) is 12.9. The molecule has 39 heavy (non-hydrogen) atoms. The van der Waals surface area contributed by atoms with Crippen molar-refractivity contribution in [3.63, 3.8) is 0 Å². The van der Waals surface area contributed by atoms with Crippen LogP contribution >= 0.6 is 11.5 Å². The predicted octanol–water partition coefficient (Wildman–Crippen LogP) is 0.383. The van der Waals surface area contributed by atoms with Gasteiger partial charge in [-0.3, -0.25) is 14.4 Å². The molecule has 0 saturated heterocycles. The first-order valence-electron chi connectivity index (χ1n) is 12.0. The van der Waals surface area contributed by atoms with Gasteiger partial charge in [-0.2, -0.15) is 0 Å². The number of ketones is 2. The summed E-state index contributed by atoms with van der Waals surface area (Å²) in [6.45, 7) is 0. The molecule has 1 fully saturated rings. The van der Waals surface area contributed by atoms with Gasteiger partial charge < -0.3 is 15.2 Å². The van der Waals surface area contributed by atoms with Gasteiger partial charge in [-0.1, -0.05) is 71.2 Å². The van der Waals surface area contributed by atoms with Crippen LogP contribution in [0.25, 0.3) is 11.3 Å². The van der Waals surface area contributed by atoms with Crippen molar-refractivity contribution in [2.24, 2.45) is 17.3 Å². The molecule has 1 spiro atoms. The van der Waals surface area contributed by atoms with Crippen molar-refractivity contribution < 1.29 is 53.8 Å². The van der Waals surface area contributed by atoms with Crippen LogP contribution in [0, 0.1) is 17.3 Å². The predicted molar refractivity (Wildman–Crippen MR) is 137 cm³/mol. The second-order valence-electron chi connectivity index (χ2n) is 9.58. The molecule has 2 aliphatic rings. The first kappa shape index (κ1) is 27.1. The van der Waals surface area contributed by atoms with Gasteiger partial charge in [0, 0.05) is 39.6 Å². The van der Waals surface area contributed by atoms with E-state index in [2.05, 4.69) is 14.9 Å². The number of aliphatic carboxylic acids is 1. The van der Waals surface area contributed by atoms with E-state index in [9.17, 15) is 24.3 Å². The van der Waals surface area contributed by atoms with Crippen LogP contribution in [0.5, 0.6) is 0 Å². The van der Waals surface area contributed by atoms with Crippen molar-refractivity contribution in [3.8, 4) is 11.3 Å². The Labute approximate surface area is 249 Å². The summed E-state index contributed by atoms with van der Waals surface area (Å²) >= 11 is 1.22. The van der Waals surface area contributed by atoms with Crippen molar-refractivity contribution in [1.29, 1.82) is 0 Å². The number of aromatic nitrogens is 2. The number of fused-ring (bicyclic) bond motifs is 1. The molecule has 8 nitrogen and oxygen atoms in total. The third-order valence-corrected chi connectivity index (χ3v) is 8.19. The van der Waals surface area contributed by atoms with E-state index in [0.29, 0.717) is 16.9 Å². The fraction of sp³-hybridized carbons (Fsp3) is 0.172. The summed E-state index contributed by atoms with van der Waals surface area (Å²) in [5.41, 5.74) is 1.09. The molecule has 4 aromatic rings. The molecular weight excluding hydrogens is 525 g/mol. The minimum atomic E-state index is -1.91. The molecule has 0 bridgehead atoms. The summed E-state index contributed by atoms with van der Waals surface area (Å²) in [5, 5.41) is 21.4. The van der Waals surface area contributed by atoms with Gasteiger partial charge in [-0.15, -0.1) is 5.10 Å². The molecule has 1 heterocycles. The Kier molecular flexibility index (Phi) is 7.35. The van der Waals surface area contributed by atoms with Gasteiger partial charge in [-0.05, 0) is 41.6 Å². The standard InChI is InChI=1S/C29H21N3O5S.Na/c33-25-19-8-4-5-9-20(19)26(34)29(25)14-21(16-6-2-1-3-7-16)23(24(29)28(36)37)27(35)30-18-12-10-17(11-13-18)22-15-38-32-31-22;/h1-13,15,21,23-24H,14H2,(H,30,35)(H,36,37);/q;+1/p-1/t21-,23+,24-;/m0./s1. The number of carboxylic acid groups (broad SMARTS) is 1. The molecule has 1 N–H and O–H groups in total. The Morgan fingerprint density at radius 3 is 2.08 bits per heavy atom. The normalized spacial score (nSPS) is 20.9. The van der Waals surface area contributed by atoms with Gasteiger partial charge in [0.1, 0.15) is 11.1 Å². The fourth-order valence-electron chi connectivity index (χ4n) is 6.02. The number of hydrogen-bond acceptors (Lipinski definition) is 8. The Hall–Kier alpha value is -3.50. The molecule has 1 saturated carbocycles. The minimum absolute atomic E-state index is 0. The van der Waals surface area contributed by atoms with Gasteiger partial charge in [-0.25, -0.2) is 0 Å². The van der Waals surface area contributed by atoms with E-state index in [1.54, 1.807) is 72.1 Å². The number of rotatable bonds is 5. The maximum absolute atomic E-state index is 13.8. The molecule has 0 radical (unpaired) electrons. The Morgan fingerprint density at radius 2 is 1.51 bits per heavy atom. The van der Waals surface area contributed by atoms with Crippen LogP contribution < -0.4 is 40.0 Å². The zero-order chi connectivity index (χ0) is 26.4. The zero-order valence-electron chi connectivity index (χ0n) is 20.9. The van der Waals surface area contributed by atoms with Crippen molar-refractivity contribution >= 4 is 40.7 Å². The third-order valence-electron chi connectivity index (χ3n) is 7.68. The topological polar surface area (TPSA) is 129 Å². The van der Waals surface area contributed by atoms with E-state index in [-0.39, 0.29) is 47.1 Å². The van der Waals surface area contributed by atoms with Gasteiger partial charge in [0.05, 0.1) is 5.92 Å². The van der Waals surface area contributed by atoms with Crippen LogP contribution in [-0.4, -0.2) is 33.0 Å². The van der Waals surface area contributed by atoms with Gasteiger partial charge in [0.25, 0.3) is 0 Å². The number of amides is 1. The smallest absolute Gasteiger partial charge is 0.550 e. The monoisotopic (exact) mass is 545 g/mol. The van der Waals surface area contributed by atoms with Crippen LogP contribution in [0.1, 0.15) is 38.6 Å². The van der Waals surface area contributed by atoms with Crippen LogP contribution in [0.3, 0.4) is 0 Å². The number of anilines is 1. The molecule has 3 atom stereocenters. The van der Waals surface area contributed by atoms with Crippen molar-refractivity contribution in [1.82, 2.24) is 9.59 Å². The second kappa shape index (κ2) is 10.6. The summed E-state index contributed by atoms with van der Waals surface area (Å²) in [7, 11) is 0. The first-order chi connectivity index (χ1) is 18.4. The summed E-state index contributed by atoms with van der Waals surface area (Å²) in [6, 6.07) is 22.2. The molecule has 1 aromatic heterocycles. The minimum Gasteiger partial charge on any atom is -0.550 e. The Balaban J connectivity index is 0.00000308. The number of Topliss-reactive ketones (excluding diaryl/α,β-unsaturated/α-hetero) is 2. The molecule has 3 aromatic carbocycles. The number of benzene rings is 3. The molecule has 188 valence electrons. The molecule has 6 rings (SSSR count). The SMILES string of the molecule is O=C(Nc1ccc(-c2csnn2)cc1)[C@H]1[C@@H](C(=O)[O-])C2(C[C@H]1c1ccccc1)C(=O)c1ccccc1C2=O.[Na+]. The maximum Gasteiger partial charge on any atom is 1.00 e. The summed E-state index contributed by atoms with van der Waals surface area (Å²) in [5.74, 6) is -6.86. The molecule has 10 heteroatoms. The number of nitrogens with zero attached hydrogens (tertiary/aromatic N) is 2. The van der Waals surface area contributed by atoms with Crippen molar-refractivity contribution in [3.05, 3.63) is 101 Å². The quantitative estimate of drug-likeness (QED) is 0.284. The largest absolute Gasteiger partial charge is 1.00 e. The average molecular weight is 546 g/mol. The Bertz CT molecular complexity index is 1540. The maximum atomic E-state index is 13.8. The summed E-state index contributed by atoms with van der Waals surface area (Å²) in [6.07, 6.45) is -0.101. The summed E-state index contributed by atoms with van der Waals surface area (Å²) < 4.78 is 3.85. The number of carbonyl (C=O) groups excluding carboxylic acids is 4. The van der Waals surface area contributed by atoms with Crippen molar-refractivity contribution in [2.45, 2.75) is 12.3 Å². The van der Waals surface area contributed by atoms with Crippen LogP contribution in [0.2, 0.25) is 0 Å². The number of carbonyl (C=O) groups is 4. The zero-order valence-corrected chi connectivity index (χ0v) is 23.7. The van der Waals surface area contributed by atoms with Gasteiger partial charge in [0.15, 0.2) is 11.6 Å². The Morgan fingerprint density at radius 1 is 0.897 bits per heavy atom. The van der Waals surface area contributed by atoms with Gasteiger partial charge >= 0.3 is 29.6 Å². The van der Waals surface area contributed by atoms with Crippen LogP contribution in [-0.2, 0) is 9.59 Å². The fourth-order valence-corrected chi connectivity index (χ4v) is 6.48. The average Bonchev–Trinajstić information content (AvgIpc) is 3.65. The van der Waals surface area contributed by atoms with E-state index in [1.165, 1.54) is 23.7 Å². The molecular formula is C29H20N3NaO5S. The third kappa shape index (κ3) is 4.35. The number of nitrogens with one attached hydrogen (secondary N) is 1. The second-order valence-corrected chi connectivity index (χ2v) is 10.2. The van der Waals surface area contributed by atoms with E-state index in [4.69, 9.17) is 0 Å².